The Bertz CT molecular complexity index is 1090. The molecule has 1 aliphatic rings. The Morgan fingerprint density at radius 2 is 1.91 bits per heavy atom. The third-order valence-corrected chi connectivity index (χ3v) is 6.31. The minimum absolute atomic E-state index is 0.257. The summed E-state index contributed by atoms with van der Waals surface area (Å²) >= 11 is 6.41. The van der Waals surface area contributed by atoms with Crippen LogP contribution in [0, 0.1) is 11.8 Å². The van der Waals surface area contributed by atoms with E-state index in [9.17, 15) is 4.79 Å². The minimum atomic E-state index is -0.257. The van der Waals surface area contributed by atoms with Crippen molar-refractivity contribution in [3.63, 3.8) is 0 Å². The topological polar surface area (TPSA) is 85.2 Å². The zero-order chi connectivity index (χ0) is 23.4. The van der Waals surface area contributed by atoms with Crippen LogP contribution in [0.4, 0.5) is 0 Å². The van der Waals surface area contributed by atoms with Crippen LogP contribution in [-0.2, 0) is 13.1 Å². The molecule has 1 amide bonds. The number of nitrogens with one attached hydrogen (secondary N) is 1. The van der Waals surface area contributed by atoms with E-state index in [1.54, 1.807) is 12.1 Å². The summed E-state index contributed by atoms with van der Waals surface area (Å²) in [5.41, 5.74) is 3.23. The van der Waals surface area contributed by atoms with Gasteiger partial charge >= 0.3 is 0 Å². The Labute approximate surface area is 198 Å². The van der Waals surface area contributed by atoms with Gasteiger partial charge in [0.1, 0.15) is 12.1 Å². The highest BCUT2D eigenvalue weighted by Gasteiger charge is 2.22. The summed E-state index contributed by atoms with van der Waals surface area (Å²) in [6.45, 7) is 8.15. The van der Waals surface area contributed by atoms with E-state index in [0.29, 0.717) is 40.4 Å². The number of amides is 1. The first-order valence-corrected chi connectivity index (χ1v) is 11.5. The first-order chi connectivity index (χ1) is 15.9. The normalized spacial score (nSPS) is 18.8. The molecular formula is C24H29ClN6O2. The number of piperidine rings is 1. The molecule has 4 rings (SSSR count). The molecule has 174 valence electrons. The van der Waals surface area contributed by atoms with Gasteiger partial charge in [0.05, 0.1) is 23.4 Å². The molecule has 2 unspecified atom stereocenters. The summed E-state index contributed by atoms with van der Waals surface area (Å²) in [6, 6.07) is 11.5. The highest BCUT2D eigenvalue weighted by Crippen LogP contribution is 2.29. The summed E-state index contributed by atoms with van der Waals surface area (Å²) in [4.78, 5) is 15.5. The van der Waals surface area contributed by atoms with Crippen LogP contribution >= 0.6 is 11.6 Å². The average molecular weight is 469 g/mol. The minimum Gasteiger partial charge on any atom is -0.496 e. The van der Waals surface area contributed by atoms with Gasteiger partial charge in [0.2, 0.25) is 0 Å². The first kappa shape index (κ1) is 23.2. The van der Waals surface area contributed by atoms with E-state index in [1.165, 1.54) is 30.1 Å². The van der Waals surface area contributed by atoms with Crippen LogP contribution in [0.25, 0.3) is 5.69 Å². The lowest BCUT2D eigenvalue weighted by atomic mass is 9.91. The number of ether oxygens (including phenoxy) is 1. The maximum atomic E-state index is 13.0. The van der Waals surface area contributed by atoms with Gasteiger partial charge in [-0.2, -0.15) is 4.68 Å². The third-order valence-electron chi connectivity index (χ3n) is 6.01. The van der Waals surface area contributed by atoms with Gasteiger partial charge in [-0.3, -0.25) is 9.69 Å². The molecule has 1 fully saturated rings. The highest BCUT2D eigenvalue weighted by molar-refractivity contribution is 6.33. The number of methoxy groups -OCH3 is 1. The Kier molecular flexibility index (Phi) is 7.25. The lowest BCUT2D eigenvalue weighted by Crippen LogP contribution is -2.38. The number of carbonyl (C=O) groups excluding carboxylic acids is 1. The smallest absolute Gasteiger partial charge is 0.255 e. The molecule has 0 aliphatic carbocycles. The molecule has 2 atom stereocenters. The number of likely N-dealkylation sites (tertiary alicyclic amines) is 1. The number of rotatable bonds is 7. The summed E-state index contributed by atoms with van der Waals surface area (Å²) in [7, 11) is 1.51. The van der Waals surface area contributed by atoms with E-state index in [0.717, 1.165) is 25.2 Å². The van der Waals surface area contributed by atoms with Gasteiger partial charge in [0.25, 0.3) is 5.91 Å². The van der Waals surface area contributed by atoms with Crippen molar-refractivity contribution in [3.05, 3.63) is 64.4 Å². The molecule has 0 saturated carbocycles. The zero-order valence-corrected chi connectivity index (χ0v) is 19.9. The molecule has 0 radical (unpaired) electrons. The lowest BCUT2D eigenvalue weighted by molar-refractivity contribution is 0.0947. The second-order valence-corrected chi connectivity index (χ2v) is 9.26. The van der Waals surface area contributed by atoms with E-state index in [-0.39, 0.29) is 5.91 Å². The van der Waals surface area contributed by atoms with Gasteiger partial charge in [0.15, 0.2) is 0 Å². The van der Waals surface area contributed by atoms with Crippen LogP contribution in [0.15, 0.2) is 42.7 Å². The number of carbonyl (C=O) groups is 1. The monoisotopic (exact) mass is 468 g/mol. The van der Waals surface area contributed by atoms with Gasteiger partial charge in [-0.25, -0.2) is 0 Å². The standard InChI is InChI=1S/C24H29ClN6O2/c1-16-8-17(2)13-30(12-16)14-19-7-5-4-6-18(19)11-26-24(32)20-9-21(25)22(10-23(20)33-3)31-15-27-28-29-31/h4-7,9-10,15-17H,8,11-14H2,1-3H3,(H,26,32). The van der Waals surface area contributed by atoms with Crippen LogP contribution in [-0.4, -0.2) is 51.2 Å². The third kappa shape index (κ3) is 5.51. The van der Waals surface area contributed by atoms with Gasteiger partial charge in [-0.05, 0) is 45.9 Å². The number of aromatic nitrogens is 4. The number of nitrogens with zero attached hydrogens (tertiary/aromatic N) is 5. The molecule has 1 aliphatic heterocycles. The fourth-order valence-electron chi connectivity index (χ4n) is 4.65. The maximum absolute atomic E-state index is 13.0. The predicted octanol–water partition coefficient (Wildman–Crippen LogP) is 3.73. The number of tetrazole rings is 1. The van der Waals surface area contributed by atoms with Crippen molar-refractivity contribution in [2.45, 2.75) is 33.4 Å². The van der Waals surface area contributed by atoms with E-state index >= 15 is 0 Å². The Hall–Kier alpha value is -2.97. The molecule has 2 heterocycles. The number of hydrogen-bond donors (Lipinski definition) is 1. The molecule has 1 aromatic heterocycles. The van der Waals surface area contributed by atoms with Gasteiger partial charge < -0.3 is 10.1 Å². The summed E-state index contributed by atoms with van der Waals surface area (Å²) in [5, 5.41) is 14.5. The van der Waals surface area contributed by atoms with Crippen molar-refractivity contribution in [1.29, 1.82) is 0 Å². The first-order valence-electron chi connectivity index (χ1n) is 11.1. The Morgan fingerprint density at radius 3 is 2.58 bits per heavy atom. The maximum Gasteiger partial charge on any atom is 0.255 e. The van der Waals surface area contributed by atoms with Crippen molar-refractivity contribution >= 4 is 17.5 Å². The van der Waals surface area contributed by atoms with Crippen molar-refractivity contribution in [2.24, 2.45) is 11.8 Å². The lowest BCUT2D eigenvalue weighted by Gasteiger charge is -2.35. The second kappa shape index (κ2) is 10.3. The average Bonchev–Trinajstić information content (AvgIpc) is 3.32. The van der Waals surface area contributed by atoms with E-state index in [2.05, 4.69) is 57.8 Å². The van der Waals surface area contributed by atoms with Crippen LogP contribution in [0.5, 0.6) is 5.75 Å². The van der Waals surface area contributed by atoms with Crippen LogP contribution in [0.2, 0.25) is 5.02 Å². The highest BCUT2D eigenvalue weighted by atomic mass is 35.5. The molecule has 2 aromatic carbocycles. The zero-order valence-electron chi connectivity index (χ0n) is 19.2. The van der Waals surface area contributed by atoms with E-state index in [4.69, 9.17) is 16.3 Å². The second-order valence-electron chi connectivity index (χ2n) is 8.85. The molecule has 3 aromatic rings. The summed E-state index contributed by atoms with van der Waals surface area (Å²) in [5.74, 6) is 1.54. The summed E-state index contributed by atoms with van der Waals surface area (Å²) in [6.07, 6.45) is 2.71. The quantitative estimate of drug-likeness (QED) is 0.568. The van der Waals surface area contributed by atoms with Gasteiger partial charge in [0, 0.05) is 32.2 Å². The molecule has 0 spiro atoms. The fraction of sp³-hybridized carbons (Fsp3) is 0.417. The number of benzene rings is 2. The molecule has 9 heteroatoms. The molecule has 8 nitrogen and oxygen atoms in total. The molecule has 33 heavy (non-hydrogen) atoms. The SMILES string of the molecule is COc1cc(-n2cnnn2)c(Cl)cc1C(=O)NCc1ccccc1CN1CC(C)CC(C)C1. The number of halogens is 1. The Balaban J connectivity index is 1.48. The van der Waals surface area contributed by atoms with Crippen molar-refractivity contribution in [2.75, 3.05) is 20.2 Å². The molecule has 1 saturated heterocycles. The van der Waals surface area contributed by atoms with E-state index in [1.807, 2.05) is 6.07 Å². The van der Waals surface area contributed by atoms with Gasteiger partial charge in [-0.1, -0.05) is 49.7 Å². The summed E-state index contributed by atoms with van der Waals surface area (Å²) < 4.78 is 6.87. The van der Waals surface area contributed by atoms with Crippen LogP contribution in [0.1, 0.15) is 41.8 Å². The van der Waals surface area contributed by atoms with Crippen LogP contribution < -0.4 is 10.1 Å². The largest absolute Gasteiger partial charge is 0.496 e. The van der Waals surface area contributed by atoms with E-state index < -0.39 is 0 Å². The molecule has 0 bridgehead atoms. The number of hydrogen-bond acceptors (Lipinski definition) is 6. The van der Waals surface area contributed by atoms with Crippen molar-refractivity contribution in [3.8, 4) is 11.4 Å². The molecule has 1 N–H and O–H groups in total. The van der Waals surface area contributed by atoms with Crippen LogP contribution in [0.3, 0.4) is 0 Å². The fourth-order valence-corrected chi connectivity index (χ4v) is 4.90. The molecular weight excluding hydrogens is 440 g/mol. The van der Waals surface area contributed by atoms with Crippen molar-refractivity contribution < 1.29 is 9.53 Å². The predicted molar refractivity (Wildman–Crippen MR) is 127 cm³/mol. The van der Waals surface area contributed by atoms with Crippen molar-refractivity contribution in [1.82, 2.24) is 30.4 Å². The van der Waals surface area contributed by atoms with Gasteiger partial charge in [-0.15, -0.1) is 5.10 Å². The Morgan fingerprint density at radius 1 is 1.18 bits per heavy atom.